The fourth-order valence-electron chi connectivity index (χ4n) is 7.24. The van der Waals surface area contributed by atoms with E-state index in [-0.39, 0.29) is 0 Å². The molecule has 0 spiro atoms. The van der Waals surface area contributed by atoms with Gasteiger partial charge in [0.2, 0.25) is 0 Å². The van der Waals surface area contributed by atoms with Crippen molar-refractivity contribution in [2.45, 2.75) is 0 Å². The van der Waals surface area contributed by atoms with Crippen molar-refractivity contribution in [3.63, 3.8) is 0 Å². The predicted molar refractivity (Wildman–Crippen MR) is 225 cm³/mol. The largest absolute Gasteiger partial charge is 0.456 e. The number of rotatable bonds is 7. The van der Waals surface area contributed by atoms with E-state index in [1.807, 2.05) is 84.9 Å². The SMILES string of the molecule is [2H]c1cc(-c2ccc(-c3ccc(-c4ccccc4)cc3)cc2)cc2c1oc1cccc(-c3ccc(-c4nc(-c5ccccc5)nc(-c5ccccc5)n4)cc3)c12. The maximum Gasteiger partial charge on any atom is 0.164 e. The minimum atomic E-state index is 0.355. The van der Waals surface area contributed by atoms with Gasteiger partial charge in [-0.1, -0.05) is 182 Å². The van der Waals surface area contributed by atoms with Gasteiger partial charge in [0.25, 0.3) is 0 Å². The van der Waals surface area contributed by atoms with Crippen LogP contribution in [0, 0.1) is 0 Å². The normalized spacial score (nSPS) is 11.5. The molecule has 2 aromatic heterocycles. The number of aromatic nitrogens is 3. The van der Waals surface area contributed by atoms with Gasteiger partial charge in [-0.25, -0.2) is 15.0 Å². The molecule has 0 amide bonds. The van der Waals surface area contributed by atoms with Gasteiger partial charge in [0, 0.05) is 27.5 Å². The molecule has 0 aliphatic carbocycles. The summed E-state index contributed by atoms with van der Waals surface area (Å²) in [5.41, 5.74) is 12.9. The fraction of sp³-hybridized carbons (Fsp3) is 0. The fourth-order valence-corrected chi connectivity index (χ4v) is 7.24. The van der Waals surface area contributed by atoms with E-state index in [0.29, 0.717) is 29.1 Å². The third-order valence-corrected chi connectivity index (χ3v) is 10.1. The van der Waals surface area contributed by atoms with Crippen LogP contribution < -0.4 is 0 Å². The molecule has 258 valence electrons. The van der Waals surface area contributed by atoms with Crippen molar-refractivity contribution in [3.8, 4) is 78.7 Å². The summed E-state index contributed by atoms with van der Waals surface area (Å²) in [6.07, 6.45) is 0. The van der Waals surface area contributed by atoms with Crippen LogP contribution in [0.3, 0.4) is 0 Å². The number of fused-ring (bicyclic) bond motifs is 3. The second-order valence-electron chi connectivity index (χ2n) is 13.5. The Morgan fingerprint density at radius 3 is 1.24 bits per heavy atom. The standard InChI is InChI=1S/C51H33N3O/c1-4-11-34(12-5-1)35-19-21-36(22-20-35)37-23-25-38(26-24-37)43-31-32-46-45(33-43)48-44(17-10-18-47(48)55-46)39-27-29-42(30-28-39)51-53-49(40-13-6-2-7-14-40)52-50(54-51)41-15-8-3-9-16-41/h1-33H/i32D. The Bertz CT molecular complexity index is 2920. The van der Waals surface area contributed by atoms with E-state index >= 15 is 0 Å². The zero-order valence-electron chi connectivity index (χ0n) is 30.7. The van der Waals surface area contributed by atoms with Crippen LogP contribution in [0.1, 0.15) is 1.37 Å². The zero-order chi connectivity index (χ0) is 37.4. The van der Waals surface area contributed by atoms with Gasteiger partial charge in [-0.05, 0) is 62.7 Å². The molecule has 0 aliphatic rings. The maximum atomic E-state index is 9.00. The molecule has 0 atom stereocenters. The molecule has 0 unspecified atom stereocenters. The monoisotopic (exact) mass is 704 g/mol. The molecule has 8 aromatic carbocycles. The topological polar surface area (TPSA) is 51.8 Å². The Balaban J connectivity index is 0.993. The van der Waals surface area contributed by atoms with Crippen LogP contribution in [0.4, 0.5) is 0 Å². The van der Waals surface area contributed by atoms with Crippen LogP contribution in [0.2, 0.25) is 0 Å². The molecular weight excluding hydrogens is 671 g/mol. The van der Waals surface area contributed by atoms with Gasteiger partial charge in [0.1, 0.15) is 11.2 Å². The Kier molecular flexibility index (Phi) is 7.84. The predicted octanol–water partition coefficient (Wildman–Crippen LogP) is 13.4. The first-order valence-corrected chi connectivity index (χ1v) is 18.3. The van der Waals surface area contributed by atoms with Crippen LogP contribution in [-0.2, 0) is 0 Å². The van der Waals surface area contributed by atoms with Gasteiger partial charge in [-0.3, -0.25) is 0 Å². The smallest absolute Gasteiger partial charge is 0.164 e. The van der Waals surface area contributed by atoms with Gasteiger partial charge < -0.3 is 4.42 Å². The lowest BCUT2D eigenvalue weighted by Gasteiger charge is -2.09. The summed E-state index contributed by atoms with van der Waals surface area (Å²) < 4.78 is 15.3. The van der Waals surface area contributed by atoms with Crippen molar-refractivity contribution in [1.29, 1.82) is 0 Å². The van der Waals surface area contributed by atoms with E-state index in [1.165, 1.54) is 11.1 Å². The van der Waals surface area contributed by atoms with Crippen molar-refractivity contribution in [1.82, 2.24) is 15.0 Å². The average molecular weight is 705 g/mol. The molecule has 55 heavy (non-hydrogen) atoms. The Morgan fingerprint density at radius 1 is 0.327 bits per heavy atom. The third-order valence-electron chi connectivity index (χ3n) is 10.1. The van der Waals surface area contributed by atoms with Crippen LogP contribution in [0.15, 0.2) is 205 Å². The molecule has 0 radical (unpaired) electrons. The first-order chi connectivity index (χ1) is 27.6. The van der Waals surface area contributed by atoms with Crippen molar-refractivity contribution in [2.24, 2.45) is 0 Å². The summed E-state index contributed by atoms with van der Waals surface area (Å²) in [6, 6.07) is 66.5. The lowest BCUT2D eigenvalue weighted by Crippen LogP contribution is -2.00. The van der Waals surface area contributed by atoms with Crippen molar-refractivity contribution < 1.29 is 5.79 Å². The molecule has 0 saturated carbocycles. The molecule has 0 bridgehead atoms. The molecule has 10 aromatic rings. The number of hydrogen-bond acceptors (Lipinski definition) is 4. The maximum absolute atomic E-state index is 9.00. The third kappa shape index (κ3) is 6.26. The van der Waals surface area contributed by atoms with Gasteiger partial charge in [0.05, 0.1) is 1.37 Å². The molecule has 10 rings (SSSR count). The quantitative estimate of drug-likeness (QED) is 0.166. The van der Waals surface area contributed by atoms with Crippen LogP contribution in [-0.4, -0.2) is 15.0 Å². The summed E-state index contributed by atoms with van der Waals surface area (Å²) in [4.78, 5) is 14.7. The first kappa shape index (κ1) is 31.1. The molecule has 4 heteroatoms. The van der Waals surface area contributed by atoms with E-state index < -0.39 is 0 Å². The second kappa shape index (κ2) is 13.8. The van der Waals surface area contributed by atoms with Crippen molar-refractivity contribution in [2.75, 3.05) is 0 Å². The molecule has 0 N–H and O–H groups in total. The first-order valence-electron chi connectivity index (χ1n) is 18.8. The average Bonchev–Trinajstić information content (AvgIpc) is 3.67. The number of furan rings is 1. The molecule has 2 heterocycles. The van der Waals surface area contributed by atoms with E-state index in [9.17, 15) is 0 Å². The Labute approximate surface area is 320 Å². The number of benzene rings is 8. The van der Waals surface area contributed by atoms with E-state index in [2.05, 4.69) is 109 Å². The van der Waals surface area contributed by atoms with E-state index in [4.69, 9.17) is 20.7 Å². The van der Waals surface area contributed by atoms with Crippen LogP contribution in [0.25, 0.3) is 101 Å². The highest BCUT2D eigenvalue weighted by Crippen LogP contribution is 2.39. The Morgan fingerprint density at radius 2 is 0.727 bits per heavy atom. The summed E-state index contributed by atoms with van der Waals surface area (Å²) in [5.74, 6) is 1.86. The molecule has 4 nitrogen and oxygen atoms in total. The molecular formula is C51H33N3O. The Hall–Kier alpha value is -7.43. The summed E-state index contributed by atoms with van der Waals surface area (Å²) >= 11 is 0. The highest BCUT2D eigenvalue weighted by atomic mass is 16.3. The highest BCUT2D eigenvalue weighted by Gasteiger charge is 2.16. The summed E-state index contributed by atoms with van der Waals surface area (Å²) in [6.45, 7) is 0. The van der Waals surface area contributed by atoms with Crippen LogP contribution in [0.5, 0.6) is 0 Å². The van der Waals surface area contributed by atoms with E-state index in [1.54, 1.807) is 0 Å². The van der Waals surface area contributed by atoms with Gasteiger partial charge in [-0.15, -0.1) is 0 Å². The van der Waals surface area contributed by atoms with E-state index in [0.717, 1.165) is 66.4 Å². The van der Waals surface area contributed by atoms with Crippen molar-refractivity contribution in [3.05, 3.63) is 200 Å². The minimum absolute atomic E-state index is 0.355. The van der Waals surface area contributed by atoms with Gasteiger partial charge in [-0.2, -0.15) is 0 Å². The summed E-state index contributed by atoms with van der Waals surface area (Å²) in [7, 11) is 0. The second-order valence-corrected chi connectivity index (χ2v) is 13.5. The lowest BCUT2D eigenvalue weighted by atomic mass is 9.95. The minimum Gasteiger partial charge on any atom is -0.456 e. The van der Waals surface area contributed by atoms with Crippen LogP contribution >= 0.6 is 0 Å². The van der Waals surface area contributed by atoms with Crippen molar-refractivity contribution >= 4 is 21.9 Å². The van der Waals surface area contributed by atoms with Gasteiger partial charge >= 0.3 is 0 Å². The molecule has 0 fully saturated rings. The number of nitrogens with zero attached hydrogens (tertiary/aromatic N) is 3. The zero-order valence-corrected chi connectivity index (χ0v) is 29.7. The highest BCUT2D eigenvalue weighted by molar-refractivity contribution is 6.13. The lowest BCUT2D eigenvalue weighted by molar-refractivity contribution is 0.669. The molecule has 0 aliphatic heterocycles. The summed E-state index contributed by atoms with van der Waals surface area (Å²) in [5, 5.41) is 1.90. The molecule has 0 saturated heterocycles. The number of hydrogen-bond donors (Lipinski definition) is 0. The van der Waals surface area contributed by atoms with Gasteiger partial charge in [0.15, 0.2) is 17.5 Å².